The van der Waals surface area contributed by atoms with Gasteiger partial charge in [-0.15, -0.1) is 0 Å². The first kappa shape index (κ1) is 9.24. The molecule has 0 rings (SSSR count). The summed E-state index contributed by atoms with van der Waals surface area (Å²) in [6.45, 7) is 10.9. The Kier molecular flexibility index (Phi) is 5.88. The average molecular weight is 142 g/mol. The molecule has 0 radical (unpaired) electrons. The summed E-state index contributed by atoms with van der Waals surface area (Å²) in [5.74, 6) is 0.597. The minimum atomic E-state index is 0.554. The van der Waals surface area contributed by atoms with E-state index in [4.69, 9.17) is 9.47 Å². The van der Waals surface area contributed by atoms with Gasteiger partial charge in [0.25, 0.3) is 0 Å². The van der Waals surface area contributed by atoms with E-state index < -0.39 is 0 Å². The third-order valence-electron chi connectivity index (χ3n) is 0.947. The molecular formula is C8H14O2. The molecule has 0 aromatic carbocycles. The molecule has 0 saturated carbocycles. The molecule has 2 heteroatoms. The van der Waals surface area contributed by atoms with Gasteiger partial charge in [-0.1, -0.05) is 13.2 Å². The van der Waals surface area contributed by atoms with Crippen LogP contribution in [0.4, 0.5) is 0 Å². The fourth-order valence-corrected chi connectivity index (χ4v) is 0.435. The van der Waals surface area contributed by atoms with Gasteiger partial charge in [0.05, 0.1) is 6.61 Å². The lowest BCUT2D eigenvalue weighted by molar-refractivity contribution is 0.0870. The lowest BCUT2D eigenvalue weighted by Crippen LogP contribution is -2.02. The molecule has 0 aliphatic carbocycles. The van der Waals surface area contributed by atoms with Gasteiger partial charge in [-0.05, 0) is 13.0 Å². The van der Waals surface area contributed by atoms with Crippen LogP contribution in [0.3, 0.4) is 0 Å². The van der Waals surface area contributed by atoms with Crippen molar-refractivity contribution in [2.24, 2.45) is 0 Å². The molecule has 58 valence electrons. The molecule has 0 aliphatic heterocycles. The molecule has 0 atom stereocenters. The highest BCUT2D eigenvalue weighted by atomic mass is 16.5. The van der Waals surface area contributed by atoms with Crippen LogP contribution in [0.5, 0.6) is 0 Å². The molecule has 0 unspecified atom stereocenters. The first-order valence-corrected chi connectivity index (χ1v) is 3.33. The van der Waals surface area contributed by atoms with E-state index in [1.807, 2.05) is 6.92 Å². The van der Waals surface area contributed by atoms with E-state index in [0.717, 1.165) is 6.61 Å². The predicted molar refractivity (Wildman–Crippen MR) is 41.8 cm³/mol. The lowest BCUT2D eigenvalue weighted by atomic mass is 10.5. The van der Waals surface area contributed by atoms with Crippen molar-refractivity contribution in [2.45, 2.75) is 6.92 Å². The fraction of sp³-hybridized carbons (Fsp3) is 0.500. The van der Waals surface area contributed by atoms with E-state index in [1.54, 1.807) is 6.08 Å². The second-order valence-corrected chi connectivity index (χ2v) is 1.72. The van der Waals surface area contributed by atoms with Gasteiger partial charge >= 0.3 is 0 Å². The molecule has 2 nitrogen and oxygen atoms in total. The highest BCUT2D eigenvalue weighted by Crippen LogP contribution is 1.92. The molecule has 0 fully saturated rings. The van der Waals surface area contributed by atoms with E-state index in [1.165, 1.54) is 0 Å². The van der Waals surface area contributed by atoms with Gasteiger partial charge in [-0.25, -0.2) is 0 Å². The Bertz CT molecular complexity index is 108. The van der Waals surface area contributed by atoms with Crippen LogP contribution in [0.15, 0.2) is 25.0 Å². The minimum Gasteiger partial charge on any atom is -0.492 e. The van der Waals surface area contributed by atoms with E-state index in [0.29, 0.717) is 19.0 Å². The Morgan fingerprint density at radius 2 is 2.20 bits per heavy atom. The average Bonchev–Trinajstić information content (AvgIpc) is 1.98. The molecule has 0 N–H and O–H groups in total. The molecular weight excluding hydrogens is 128 g/mol. The maximum absolute atomic E-state index is 5.06. The van der Waals surface area contributed by atoms with Crippen molar-refractivity contribution in [1.29, 1.82) is 0 Å². The highest BCUT2D eigenvalue weighted by molar-refractivity contribution is 5.01. The summed E-state index contributed by atoms with van der Waals surface area (Å²) in [5, 5.41) is 0. The summed E-state index contributed by atoms with van der Waals surface area (Å²) in [7, 11) is 0. The Morgan fingerprint density at radius 1 is 1.50 bits per heavy atom. The van der Waals surface area contributed by atoms with E-state index in [9.17, 15) is 0 Å². The number of allylic oxidation sites excluding steroid dienone is 1. The second-order valence-electron chi connectivity index (χ2n) is 1.72. The van der Waals surface area contributed by atoms with Gasteiger partial charge in [0, 0.05) is 6.61 Å². The molecule has 10 heavy (non-hydrogen) atoms. The van der Waals surface area contributed by atoms with Crippen LogP contribution in [0, 0.1) is 0 Å². The summed E-state index contributed by atoms with van der Waals surface area (Å²) in [4.78, 5) is 0. The molecule has 0 heterocycles. The standard InChI is InChI=1S/C8H14O2/c1-4-8(3)10-7-6-9-5-2/h4H,1,3,5-7H2,2H3. The summed E-state index contributed by atoms with van der Waals surface area (Å²) in [6.07, 6.45) is 1.58. The van der Waals surface area contributed by atoms with Gasteiger partial charge in [-0.2, -0.15) is 0 Å². The maximum atomic E-state index is 5.06. The first-order chi connectivity index (χ1) is 4.81. The largest absolute Gasteiger partial charge is 0.492 e. The Hall–Kier alpha value is -0.760. The van der Waals surface area contributed by atoms with Crippen LogP contribution >= 0.6 is 0 Å². The van der Waals surface area contributed by atoms with Crippen LogP contribution in [-0.4, -0.2) is 19.8 Å². The third-order valence-corrected chi connectivity index (χ3v) is 0.947. The van der Waals surface area contributed by atoms with Crippen molar-refractivity contribution in [3.05, 3.63) is 25.0 Å². The third kappa shape index (κ3) is 5.38. The van der Waals surface area contributed by atoms with Gasteiger partial charge in [-0.3, -0.25) is 0 Å². The summed E-state index contributed by atoms with van der Waals surface area (Å²) < 4.78 is 10.1. The van der Waals surface area contributed by atoms with Crippen molar-refractivity contribution in [3.8, 4) is 0 Å². The topological polar surface area (TPSA) is 18.5 Å². The van der Waals surface area contributed by atoms with Gasteiger partial charge in [0.1, 0.15) is 12.4 Å². The molecule has 0 amide bonds. The van der Waals surface area contributed by atoms with Crippen LogP contribution in [0.2, 0.25) is 0 Å². The summed E-state index contributed by atoms with van der Waals surface area (Å²) in [5.41, 5.74) is 0. The maximum Gasteiger partial charge on any atom is 0.111 e. The quantitative estimate of drug-likeness (QED) is 0.319. The first-order valence-electron chi connectivity index (χ1n) is 3.33. The Labute approximate surface area is 62.1 Å². The van der Waals surface area contributed by atoms with Crippen LogP contribution in [0.1, 0.15) is 6.92 Å². The van der Waals surface area contributed by atoms with Crippen LogP contribution < -0.4 is 0 Å². The Morgan fingerprint density at radius 3 is 2.70 bits per heavy atom. The van der Waals surface area contributed by atoms with E-state index >= 15 is 0 Å². The molecule has 0 saturated heterocycles. The highest BCUT2D eigenvalue weighted by Gasteiger charge is 1.86. The predicted octanol–water partition coefficient (Wildman–Crippen LogP) is 1.74. The normalized spacial score (nSPS) is 8.90. The van der Waals surface area contributed by atoms with Crippen molar-refractivity contribution in [1.82, 2.24) is 0 Å². The minimum absolute atomic E-state index is 0.554. The van der Waals surface area contributed by atoms with Crippen molar-refractivity contribution in [3.63, 3.8) is 0 Å². The second kappa shape index (κ2) is 6.36. The van der Waals surface area contributed by atoms with E-state index in [-0.39, 0.29) is 0 Å². The van der Waals surface area contributed by atoms with Gasteiger partial charge in [0.2, 0.25) is 0 Å². The summed E-state index contributed by atoms with van der Waals surface area (Å²) >= 11 is 0. The van der Waals surface area contributed by atoms with E-state index in [2.05, 4.69) is 13.2 Å². The summed E-state index contributed by atoms with van der Waals surface area (Å²) in [6, 6.07) is 0. The fourth-order valence-electron chi connectivity index (χ4n) is 0.435. The van der Waals surface area contributed by atoms with Crippen LogP contribution in [0.25, 0.3) is 0 Å². The van der Waals surface area contributed by atoms with Gasteiger partial charge in [0.15, 0.2) is 0 Å². The van der Waals surface area contributed by atoms with Crippen LogP contribution in [-0.2, 0) is 9.47 Å². The van der Waals surface area contributed by atoms with Crippen molar-refractivity contribution >= 4 is 0 Å². The lowest BCUT2D eigenvalue weighted by Gasteiger charge is -2.03. The molecule has 0 bridgehead atoms. The SMILES string of the molecule is C=CC(=C)OCCOCC. The number of hydrogen-bond acceptors (Lipinski definition) is 2. The monoisotopic (exact) mass is 142 g/mol. The molecule has 0 aliphatic rings. The molecule has 0 aromatic rings. The number of hydrogen-bond donors (Lipinski definition) is 0. The zero-order valence-electron chi connectivity index (χ0n) is 6.43. The number of ether oxygens (including phenoxy) is 2. The Balaban J connectivity index is 3.03. The van der Waals surface area contributed by atoms with Crippen molar-refractivity contribution < 1.29 is 9.47 Å². The smallest absolute Gasteiger partial charge is 0.111 e. The number of rotatable bonds is 6. The van der Waals surface area contributed by atoms with Crippen molar-refractivity contribution in [2.75, 3.05) is 19.8 Å². The molecule has 0 aromatic heterocycles. The molecule has 0 spiro atoms. The van der Waals surface area contributed by atoms with Gasteiger partial charge < -0.3 is 9.47 Å². The zero-order chi connectivity index (χ0) is 7.82. The zero-order valence-corrected chi connectivity index (χ0v) is 6.43.